The maximum Gasteiger partial charge on any atom is 0.231 e. The van der Waals surface area contributed by atoms with Crippen LogP contribution in [0.5, 0.6) is 23.0 Å². The van der Waals surface area contributed by atoms with Gasteiger partial charge in [-0.2, -0.15) is 0 Å². The molecule has 3 aromatic carbocycles. The predicted molar refractivity (Wildman–Crippen MR) is 102 cm³/mol. The maximum absolute atomic E-state index is 6.38. The molecular weight excluding hydrogens is 340 g/mol. The average molecular weight is 360 g/mol. The molecule has 0 saturated heterocycles. The number of hydrogen-bond donors (Lipinski definition) is 0. The van der Waals surface area contributed by atoms with Gasteiger partial charge in [-0.05, 0) is 35.7 Å². The summed E-state index contributed by atoms with van der Waals surface area (Å²) < 4.78 is 22.9. The molecule has 0 radical (unpaired) electrons. The van der Waals surface area contributed by atoms with Crippen molar-refractivity contribution in [1.82, 2.24) is 0 Å². The monoisotopic (exact) mass is 360 g/mol. The van der Waals surface area contributed by atoms with E-state index >= 15 is 0 Å². The van der Waals surface area contributed by atoms with Crippen molar-refractivity contribution in [2.45, 2.75) is 18.4 Å². The summed E-state index contributed by atoms with van der Waals surface area (Å²) in [6, 6.07) is 22.7. The highest BCUT2D eigenvalue weighted by molar-refractivity contribution is 5.56. The highest BCUT2D eigenvalue weighted by Gasteiger charge is 2.33. The Labute approximate surface area is 158 Å². The zero-order valence-electron chi connectivity index (χ0n) is 15.1. The summed E-state index contributed by atoms with van der Waals surface area (Å²) in [4.78, 5) is 0. The minimum Gasteiger partial charge on any atom is -0.497 e. The maximum atomic E-state index is 6.38. The smallest absolute Gasteiger partial charge is 0.231 e. The van der Waals surface area contributed by atoms with Crippen LogP contribution in [0.25, 0.3) is 0 Å². The van der Waals surface area contributed by atoms with Crippen LogP contribution in [0, 0.1) is 0 Å². The molecule has 5 rings (SSSR count). The van der Waals surface area contributed by atoms with E-state index in [9.17, 15) is 0 Å². The van der Waals surface area contributed by atoms with Crippen molar-refractivity contribution in [3.8, 4) is 23.0 Å². The first-order valence-corrected chi connectivity index (χ1v) is 9.11. The fourth-order valence-electron chi connectivity index (χ4n) is 3.88. The second-order valence-electron chi connectivity index (χ2n) is 6.82. The van der Waals surface area contributed by atoms with Gasteiger partial charge in [0.15, 0.2) is 11.5 Å². The van der Waals surface area contributed by atoms with E-state index in [1.54, 1.807) is 7.11 Å². The summed E-state index contributed by atoms with van der Waals surface area (Å²) in [5.74, 6) is 3.46. The van der Waals surface area contributed by atoms with Gasteiger partial charge in [0, 0.05) is 17.5 Å². The lowest BCUT2D eigenvalue weighted by Crippen LogP contribution is -2.20. The molecule has 4 nitrogen and oxygen atoms in total. The molecule has 0 unspecified atom stereocenters. The molecule has 0 bridgehead atoms. The third-order valence-electron chi connectivity index (χ3n) is 5.29. The van der Waals surface area contributed by atoms with Crippen molar-refractivity contribution in [3.05, 3.63) is 83.4 Å². The normalized spacial score (nSPS) is 19.9. The third kappa shape index (κ3) is 2.87. The molecule has 27 heavy (non-hydrogen) atoms. The largest absolute Gasteiger partial charge is 0.497 e. The van der Waals surface area contributed by atoms with Crippen molar-refractivity contribution in [3.63, 3.8) is 0 Å². The Morgan fingerprint density at radius 1 is 0.815 bits per heavy atom. The minimum atomic E-state index is -0.00817. The summed E-state index contributed by atoms with van der Waals surface area (Å²) in [6.45, 7) is 0.257. The molecule has 0 aliphatic carbocycles. The number of methoxy groups -OCH3 is 1. The number of ether oxygens (including phenoxy) is 4. The van der Waals surface area contributed by atoms with Crippen LogP contribution in [0.15, 0.2) is 66.7 Å². The third-order valence-corrected chi connectivity index (χ3v) is 5.29. The van der Waals surface area contributed by atoms with Crippen molar-refractivity contribution in [2.24, 2.45) is 0 Å². The molecule has 0 spiro atoms. The molecule has 2 atom stereocenters. The second kappa shape index (κ2) is 6.54. The molecule has 0 N–H and O–H groups in total. The van der Waals surface area contributed by atoms with Gasteiger partial charge < -0.3 is 18.9 Å². The van der Waals surface area contributed by atoms with Crippen LogP contribution in [0.1, 0.15) is 35.1 Å². The average Bonchev–Trinajstić information content (AvgIpc) is 3.19. The Morgan fingerprint density at radius 2 is 1.56 bits per heavy atom. The van der Waals surface area contributed by atoms with E-state index in [2.05, 4.69) is 42.5 Å². The van der Waals surface area contributed by atoms with Gasteiger partial charge >= 0.3 is 0 Å². The summed E-state index contributed by atoms with van der Waals surface area (Å²) in [5, 5.41) is 0. The Kier molecular flexibility index (Phi) is 3.89. The van der Waals surface area contributed by atoms with Gasteiger partial charge in [-0.3, -0.25) is 0 Å². The lowest BCUT2D eigenvalue weighted by Gasteiger charge is -2.33. The predicted octanol–water partition coefficient (Wildman–Crippen LogP) is 5.08. The molecule has 0 saturated carbocycles. The standard InChI is InChI=1S/C23H20O4/c1-24-17-9-7-15(8-10-17)18-11-20(16-5-3-2-4-6-16)27-21-13-23-22(12-19(18)21)25-14-26-23/h2-10,12-13,18,20H,11,14H2,1H3/t18-,20+/m1/s1. The van der Waals surface area contributed by atoms with Gasteiger partial charge in [-0.25, -0.2) is 0 Å². The number of benzene rings is 3. The van der Waals surface area contributed by atoms with E-state index in [-0.39, 0.29) is 18.8 Å². The van der Waals surface area contributed by atoms with E-state index in [4.69, 9.17) is 18.9 Å². The summed E-state index contributed by atoms with van der Waals surface area (Å²) in [5.41, 5.74) is 3.55. The zero-order chi connectivity index (χ0) is 18.2. The number of hydrogen-bond acceptors (Lipinski definition) is 4. The molecule has 2 aliphatic rings. The molecule has 4 heteroatoms. The Morgan fingerprint density at radius 3 is 2.30 bits per heavy atom. The van der Waals surface area contributed by atoms with Gasteiger partial charge in [0.05, 0.1) is 7.11 Å². The van der Waals surface area contributed by atoms with Crippen LogP contribution in [0.3, 0.4) is 0 Å². The van der Waals surface area contributed by atoms with Crippen LogP contribution in [-0.4, -0.2) is 13.9 Å². The molecule has 2 heterocycles. The van der Waals surface area contributed by atoms with E-state index in [1.807, 2.05) is 24.3 Å². The summed E-state index contributed by atoms with van der Waals surface area (Å²) in [6.07, 6.45) is 0.856. The van der Waals surface area contributed by atoms with Crippen molar-refractivity contribution >= 4 is 0 Å². The Bertz CT molecular complexity index is 950. The fourth-order valence-corrected chi connectivity index (χ4v) is 3.88. The molecule has 0 aromatic heterocycles. The van der Waals surface area contributed by atoms with Gasteiger partial charge in [0.1, 0.15) is 17.6 Å². The number of rotatable bonds is 3. The lowest BCUT2D eigenvalue weighted by atomic mass is 9.82. The van der Waals surface area contributed by atoms with Gasteiger partial charge in [-0.15, -0.1) is 0 Å². The van der Waals surface area contributed by atoms with Crippen LogP contribution in [0.4, 0.5) is 0 Å². The lowest BCUT2D eigenvalue weighted by molar-refractivity contribution is 0.166. The van der Waals surface area contributed by atoms with Crippen molar-refractivity contribution < 1.29 is 18.9 Å². The molecule has 2 aliphatic heterocycles. The van der Waals surface area contributed by atoms with Crippen LogP contribution in [-0.2, 0) is 0 Å². The topological polar surface area (TPSA) is 36.9 Å². The summed E-state index contributed by atoms with van der Waals surface area (Å²) >= 11 is 0. The van der Waals surface area contributed by atoms with Crippen molar-refractivity contribution in [2.75, 3.05) is 13.9 Å². The highest BCUT2D eigenvalue weighted by Crippen LogP contribution is 2.50. The van der Waals surface area contributed by atoms with Crippen LogP contribution in [0.2, 0.25) is 0 Å². The molecule has 3 aromatic rings. The van der Waals surface area contributed by atoms with Crippen LogP contribution >= 0.6 is 0 Å². The Balaban J connectivity index is 1.59. The highest BCUT2D eigenvalue weighted by atomic mass is 16.7. The minimum absolute atomic E-state index is 0.00817. The SMILES string of the molecule is COc1ccc([C@H]2C[C@@H](c3ccccc3)Oc3cc4c(cc32)OCO4)cc1. The zero-order valence-corrected chi connectivity index (χ0v) is 15.1. The van der Waals surface area contributed by atoms with Gasteiger partial charge in [-0.1, -0.05) is 42.5 Å². The van der Waals surface area contributed by atoms with E-state index in [0.717, 1.165) is 35.0 Å². The number of fused-ring (bicyclic) bond motifs is 2. The second-order valence-corrected chi connectivity index (χ2v) is 6.82. The fraction of sp³-hybridized carbons (Fsp3) is 0.217. The molecule has 136 valence electrons. The van der Waals surface area contributed by atoms with Crippen molar-refractivity contribution in [1.29, 1.82) is 0 Å². The first kappa shape index (κ1) is 16.1. The molecule has 0 amide bonds. The Hall–Kier alpha value is -3.14. The van der Waals surface area contributed by atoms with E-state index in [1.165, 1.54) is 11.1 Å². The van der Waals surface area contributed by atoms with Gasteiger partial charge in [0.25, 0.3) is 0 Å². The first-order valence-electron chi connectivity index (χ1n) is 9.11. The summed E-state index contributed by atoms with van der Waals surface area (Å²) in [7, 11) is 1.69. The van der Waals surface area contributed by atoms with Gasteiger partial charge in [0.2, 0.25) is 6.79 Å². The van der Waals surface area contributed by atoms with E-state index in [0.29, 0.717) is 0 Å². The molecular formula is C23H20O4. The molecule has 0 fully saturated rings. The quantitative estimate of drug-likeness (QED) is 0.653. The van der Waals surface area contributed by atoms with Crippen LogP contribution < -0.4 is 18.9 Å². The van der Waals surface area contributed by atoms with E-state index < -0.39 is 0 Å². The first-order chi connectivity index (χ1) is 13.3.